The fourth-order valence-corrected chi connectivity index (χ4v) is 2.37. The molecular weight excluding hydrogens is 263 g/mol. The molecule has 0 spiro atoms. The minimum Gasteiger partial charge on any atom is -0.374 e. The van der Waals surface area contributed by atoms with Gasteiger partial charge in [-0.2, -0.15) is 0 Å². The Morgan fingerprint density at radius 1 is 1.00 bits per heavy atom. The summed E-state index contributed by atoms with van der Waals surface area (Å²) in [6.07, 6.45) is 0. The summed E-state index contributed by atoms with van der Waals surface area (Å²) < 4.78 is 74.0. The van der Waals surface area contributed by atoms with Crippen molar-refractivity contribution in [3.8, 4) is 0 Å². The lowest BCUT2D eigenvalue weighted by molar-refractivity contribution is 0.190. The van der Waals surface area contributed by atoms with Crippen LogP contribution in [0.5, 0.6) is 0 Å². The zero-order valence-corrected chi connectivity index (χ0v) is 9.99. The number of halogens is 5. The molecule has 0 aromatic heterocycles. The average Bonchev–Trinajstić information content (AvgIpc) is 2.33. The molecule has 2 nitrogen and oxygen atoms in total. The second-order valence-electron chi connectivity index (χ2n) is 3.20. The van der Waals surface area contributed by atoms with E-state index in [1.54, 1.807) is 0 Å². The van der Waals surface area contributed by atoms with E-state index in [-0.39, 0.29) is 0 Å². The lowest BCUT2D eigenvalue weighted by atomic mass is 10.2. The first-order valence-corrected chi connectivity index (χ1v) is 6.36. The minimum atomic E-state index is -4.23. The van der Waals surface area contributed by atoms with Gasteiger partial charge in [-0.25, -0.2) is 21.7 Å². The average molecular weight is 272 g/mol. The van der Waals surface area contributed by atoms with Crippen molar-refractivity contribution in [1.82, 2.24) is 0 Å². The van der Waals surface area contributed by atoms with E-state index in [4.69, 9.17) is 0 Å². The summed E-state index contributed by atoms with van der Waals surface area (Å²) >= 11 is 0. The molecule has 0 saturated carbocycles. The highest BCUT2D eigenvalue weighted by atomic mass is 28.4. The summed E-state index contributed by atoms with van der Waals surface area (Å²) in [5.41, 5.74) is -0.667. The molecule has 8 heteroatoms. The maximum atomic E-state index is 13.7. The van der Waals surface area contributed by atoms with Crippen molar-refractivity contribution in [3.63, 3.8) is 0 Å². The van der Waals surface area contributed by atoms with Crippen LogP contribution in [0.1, 0.15) is 5.56 Å². The van der Waals surface area contributed by atoms with E-state index < -0.39 is 43.8 Å². The highest BCUT2D eigenvalue weighted by molar-refractivity contribution is 6.59. The summed E-state index contributed by atoms with van der Waals surface area (Å²) in [7, 11) is -2.25. The molecule has 0 amide bonds. The van der Waals surface area contributed by atoms with Gasteiger partial charge in [-0.15, -0.1) is 0 Å². The molecule has 0 saturated heterocycles. The van der Waals surface area contributed by atoms with E-state index in [2.05, 4.69) is 8.85 Å². The van der Waals surface area contributed by atoms with Gasteiger partial charge in [-0.1, -0.05) is 0 Å². The predicted octanol–water partition coefficient (Wildman–Crippen LogP) is 2.53. The Labute approximate surface area is 95.4 Å². The van der Waals surface area contributed by atoms with Crippen molar-refractivity contribution in [2.24, 2.45) is 0 Å². The van der Waals surface area contributed by atoms with Crippen molar-refractivity contribution in [3.05, 3.63) is 34.9 Å². The first kappa shape index (κ1) is 14.1. The molecule has 0 heterocycles. The molecule has 0 atom stereocenters. The molecule has 1 aromatic rings. The molecule has 0 aliphatic carbocycles. The molecule has 0 N–H and O–H groups in total. The van der Waals surface area contributed by atoms with Crippen LogP contribution in [0.4, 0.5) is 21.7 Å². The fraction of sp³-hybridized carbons (Fsp3) is 0.333. The molecule has 17 heavy (non-hydrogen) atoms. The van der Waals surface area contributed by atoms with Gasteiger partial charge in [-0.3, -0.25) is 0 Å². The van der Waals surface area contributed by atoms with Crippen LogP contribution in [0.3, 0.4) is 0 Å². The monoisotopic (exact) mass is 272 g/mol. The Kier molecular flexibility index (Phi) is 4.23. The topological polar surface area (TPSA) is 18.5 Å². The maximum Gasteiger partial charge on any atom is 0.544 e. The third kappa shape index (κ3) is 2.82. The summed E-state index contributed by atoms with van der Waals surface area (Å²) in [5.74, 6) is -7.16. The molecule has 0 fully saturated rings. The molecule has 0 unspecified atom stereocenters. The molecule has 0 radical (unpaired) electrons. The van der Waals surface area contributed by atoms with Crippen molar-refractivity contribution in [2.75, 3.05) is 14.2 Å². The quantitative estimate of drug-likeness (QED) is 0.276. The van der Waals surface area contributed by atoms with E-state index in [0.717, 1.165) is 14.2 Å². The summed E-state index contributed by atoms with van der Waals surface area (Å²) in [6, 6.07) is -0.396. The van der Waals surface area contributed by atoms with Crippen molar-refractivity contribution in [2.45, 2.75) is 6.04 Å². The van der Waals surface area contributed by atoms with Crippen LogP contribution in [-0.2, 0) is 14.9 Å². The van der Waals surface area contributed by atoms with Crippen LogP contribution in [0.15, 0.2) is 6.07 Å². The maximum absolute atomic E-state index is 13.7. The zero-order chi connectivity index (χ0) is 13.2. The lowest BCUT2D eigenvalue weighted by Gasteiger charge is -2.17. The van der Waals surface area contributed by atoms with Gasteiger partial charge in [0, 0.05) is 20.3 Å². The van der Waals surface area contributed by atoms with Gasteiger partial charge in [0.2, 0.25) is 0 Å². The van der Waals surface area contributed by atoms with Gasteiger partial charge in [-0.05, 0) is 11.6 Å². The fourth-order valence-electron chi connectivity index (χ4n) is 1.21. The van der Waals surface area contributed by atoms with E-state index in [1.807, 2.05) is 0 Å². The van der Waals surface area contributed by atoms with E-state index in [0.29, 0.717) is 6.07 Å². The van der Waals surface area contributed by atoms with Gasteiger partial charge in [0.25, 0.3) is 0 Å². The summed E-state index contributed by atoms with van der Waals surface area (Å²) in [6.45, 7) is 0. The smallest absolute Gasteiger partial charge is 0.374 e. The highest BCUT2D eigenvalue weighted by Crippen LogP contribution is 2.23. The van der Waals surface area contributed by atoms with Crippen LogP contribution in [0.25, 0.3) is 0 Å². The van der Waals surface area contributed by atoms with Crippen LogP contribution in [0.2, 0.25) is 0 Å². The normalized spacial score (nSPS) is 11.9. The highest BCUT2D eigenvalue weighted by Gasteiger charge is 2.39. The Morgan fingerprint density at radius 3 is 2.00 bits per heavy atom. The summed E-state index contributed by atoms with van der Waals surface area (Å²) in [5, 5.41) is 0. The van der Waals surface area contributed by atoms with Gasteiger partial charge in [0.15, 0.2) is 23.3 Å². The first-order valence-electron chi connectivity index (χ1n) is 4.45. The number of benzene rings is 1. The van der Waals surface area contributed by atoms with Crippen LogP contribution < -0.4 is 0 Å². The Bertz CT molecular complexity index is 422. The molecule has 0 aliphatic rings. The van der Waals surface area contributed by atoms with Crippen LogP contribution >= 0.6 is 0 Å². The number of rotatable bonds is 4. The van der Waals surface area contributed by atoms with Crippen molar-refractivity contribution in [1.29, 1.82) is 0 Å². The van der Waals surface area contributed by atoms with Gasteiger partial charge < -0.3 is 8.85 Å². The third-order valence-electron chi connectivity index (χ3n) is 2.19. The third-order valence-corrected chi connectivity index (χ3v) is 4.21. The minimum absolute atomic E-state index is 0.382. The van der Waals surface area contributed by atoms with Crippen LogP contribution in [-0.4, -0.2) is 23.1 Å². The van der Waals surface area contributed by atoms with E-state index in [9.17, 15) is 21.7 Å². The van der Waals surface area contributed by atoms with Gasteiger partial charge in [0.05, 0.1) is 0 Å². The predicted molar refractivity (Wildman–Crippen MR) is 50.9 cm³/mol. The Balaban J connectivity index is 3.16. The number of hydrogen-bond donors (Lipinski definition) is 0. The van der Waals surface area contributed by atoms with Crippen molar-refractivity contribution < 1.29 is 30.5 Å². The standard InChI is InChI=1S/C9H9F5O2Si/c1-15-17(14,16-2)4-5-3-6(10)8(12)9(13)7(5)11/h3H,4H2,1-2H3. The second kappa shape index (κ2) is 5.11. The summed E-state index contributed by atoms with van der Waals surface area (Å²) in [4.78, 5) is 0. The molecule has 1 aromatic carbocycles. The van der Waals surface area contributed by atoms with Crippen molar-refractivity contribution >= 4 is 8.89 Å². The van der Waals surface area contributed by atoms with E-state index in [1.165, 1.54) is 0 Å². The Morgan fingerprint density at radius 2 is 1.53 bits per heavy atom. The van der Waals surface area contributed by atoms with E-state index >= 15 is 0 Å². The molecule has 96 valence electrons. The molecule has 0 bridgehead atoms. The molecule has 1 rings (SSSR count). The largest absolute Gasteiger partial charge is 0.544 e. The first-order chi connectivity index (χ1) is 7.84. The second-order valence-corrected chi connectivity index (χ2v) is 5.69. The van der Waals surface area contributed by atoms with Gasteiger partial charge >= 0.3 is 8.89 Å². The van der Waals surface area contributed by atoms with Gasteiger partial charge in [0.1, 0.15) is 0 Å². The SMILES string of the molecule is CO[Si](F)(Cc1cc(F)c(F)c(F)c1F)OC. The molecular formula is C9H9F5O2Si. The van der Waals surface area contributed by atoms with Crippen LogP contribution in [0, 0.1) is 23.3 Å². The molecule has 0 aliphatic heterocycles. The zero-order valence-electron chi connectivity index (χ0n) is 8.99. The number of hydrogen-bond acceptors (Lipinski definition) is 2. The Hall–Kier alpha value is -0.993. The lowest BCUT2D eigenvalue weighted by Crippen LogP contribution is -2.38.